The molecule has 2 rings (SSSR count). The Bertz CT molecular complexity index is 657. The molecule has 19 heavy (non-hydrogen) atoms. The van der Waals surface area contributed by atoms with Crippen molar-refractivity contribution in [2.24, 2.45) is 0 Å². The standard InChI is InChI=1S/C16H11N3/c17-10-13(11-18)12-19-16-9-5-4-8-15(16)14-6-2-1-3-7-14/h1-9,12,19H. The fourth-order valence-electron chi connectivity index (χ4n) is 1.72. The molecule has 90 valence electrons. The Labute approximate surface area is 112 Å². The average molecular weight is 245 g/mol. The first kappa shape index (κ1) is 12.4. The van der Waals surface area contributed by atoms with Gasteiger partial charge in [-0.3, -0.25) is 0 Å². The Hall–Kier alpha value is -3.04. The van der Waals surface area contributed by atoms with Gasteiger partial charge in [0, 0.05) is 17.5 Å². The summed E-state index contributed by atoms with van der Waals surface area (Å²) in [6.07, 6.45) is 1.42. The van der Waals surface area contributed by atoms with Gasteiger partial charge in [0.15, 0.2) is 0 Å². The Morgan fingerprint density at radius 2 is 1.53 bits per heavy atom. The van der Waals surface area contributed by atoms with Crippen LogP contribution in [0, 0.1) is 22.7 Å². The van der Waals surface area contributed by atoms with E-state index < -0.39 is 0 Å². The largest absolute Gasteiger partial charge is 0.359 e. The van der Waals surface area contributed by atoms with Gasteiger partial charge < -0.3 is 5.32 Å². The van der Waals surface area contributed by atoms with Crippen LogP contribution in [0.1, 0.15) is 0 Å². The lowest BCUT2D eigenvalue weighted by molar-refractivity contribution is 1.44. The second-order valence-corrected chi connectivity index (χ2v) is 3.84. The van der Waals surface area contributed by atoms with Crippen molar-refractivity contribution in [3.63, 3.8) is 0 Å². The van der Waals surface area contributed by atoms with Gasteiger partial charge in [0.25, 0.3) is 0 Å². The molecule has 0 atom stereocenters. The van der Waals surface area contributed by atoms with Gasteiger partial charge >= 0.3 is 0 Å². The lowest BCUT2D eigenvalue weighted by atomic mass is 10.0. The molecule has 0 aromatic heterocycles. The molecule has 0 unspecified atom stereocenters. The zero-order valence-electron chi connectivity index (χ0n) is 10.2. The molecule has 0 fully saturated rings. The first-order chi connectivity index (χ1) is 9.35. The summed E-state index contributed by atoms with van der Waals surface area (Å²) in [5, 5.41) is 20.4. The van der Waals surface area contributed by atoms with Crippen molar-refractivity contribution in [1.82, 2.24) is 0 Å². The SMILES string of the molecule is N#CC(C#N)=CNc1ccccc1-c1ccccc1. The Morgan fingerprint density at radius 1 is 0.895 bits per heavy atom. The van der Waals surface area contributed by atoms with Crippen molar-refractivity contribution in [3.05, 3.63) is 66.4 Å². The number of rotatable bonds is 3. The van der Waals surface area contributed by atoms with Crippen molar-refractivity contribution >= 4 is 5.69 Å². The van der Waals surface area contributed by atoms with Crippen LogP contribution in [0.25, 0.3) is 11.1 Å². The van der Waals surface area contributed by atoms with E-state index in [0.29, 0.717) is 0 Å². The molecule has 0 aliphatic carbocycles. The molecular weight excluding hydrogens is 234 g/mol. The maximum absolute atomic E-state index is 8.71. The van der Waals surface area contributed by atoms with Crippen molar-refractivity contribution < 1.29 is 0 Å². The summed E-state index contributed by atoms with van der Waals surface area (Å²) in [6, 6.07) is 21.3. The summed E-state index contributed by atoms with van der Waals surface area (Å²) < 4.78 is 0. The van der Waals surface area contributed by atoms with Crippen LogP contribution in [0.5, 0.6) is 0 Å². The Balaban J connectivity index is 2.36. The number of hydrogen-bond acceptors (Lipinski definition) is 3. The van der Waals surface area contributed by atoms with Gasteiger partial charge in [0.1, 0.15) is 17.7 Å². The number of nitrogens with one attached hydrogen (secondary N) is 1. The number of anilines is 1. The second-order valence-electron chi connectivity index (χ2n) is 3.84. The van der Waals surface area contributed by atoms with E-state index in [1.54, 1.807) is 0 Å². The summed E-state index contributed by atoms with van der Waals surface area (Å²) in [6.45, 7) is 0. The van der Waals surface area contributed by atoms with Crippen LogP contribution in [0.4, 0.5) is 5.69 Å². The number of hydrogen-bond donors (Lipinski definition) is 1. The molecule has 0 aliphatic heterocycles. The minimum Gasteiger partial charge on any atom is -0.359 e. The van der Waals surface area contributed by atoms with Crippen LogP contribution in [-0.2, 0) is 0 Å². The molecule has 1 N–H and O–H groups in total. The highest BCUT2D eigenvalue weighted by molar-refractivity contribution is 5.78. The fraction of sp³-hybridized carbons (Fsp3) is 0. The third-order valence-corrected chi connectivity index (χ3v) is 2.62. The van der Waals surface area contributed by atoms with E-state index in [-0.39, 0.29) is 5.57 Å². The molecule has 0 heterocycles. The highest BCUT2D eigenvalue weighted by Crippen LogP contribution is 2.27. The molecule has 0 saturated carbocycles. The van der Waals surface area contributed by atoms with Gasteiger partial charge in [-0.25, -0.2) is 0 Å². The summed E-state index contributed by atoms with van der Waals surface area (Å²) in [7, 11) is 0. The molecular formula is C16H11N3. The quantitative estimate of drug-likeness (QED) is 0.839. The highest BCUT2D eigenvalue weighted by atomic mass is 14.8. The zero-order chi connectivity index (χ0) is 13.5. The molecule has 0 radical (unpaired) electrons. The van der Waals surface area contributed by atoms with Gasteiger partial charge in [0.2, 0.25) is 0 Å². The molecule has 3 nitrogen and oxygen atoms in total. The van der Waals surface area contributed by atoms with Gasteiger partial charge in [-0.2, -0.15) is 10.5 Å². The number of allylic oxidation sites excluding steroid dienone is 1. The third-order valence-electron chi connectivity index (χ3n) is 2.62. The first-order valence-corrected chi connectivity index (χ1v) is 5.76. The number of nitrogens with zero attached hydrogens (tertiary/aromatic N) is 2. The van der Waals surface area contributed by atoms with Crippen LogP contribution >= 0.6 is 0 Å². The van der Waals surface area contributed by atoms with Gasteiger partial charge in [-0.1, -0.05) is 48.5 Å². The monoisotopic (exact) mass is 245 g/mol. The van der Waals surface area contributed by atoms with Crippen molar-refractivity contribution in [3.8, 4) is 23.3 Å². The summed E-state index contributed by atoms with van der Waals surface area (Å²) in [5.41, 5.74) is 3.00. The Kier molecular flexibility index (Phi) is 3.95. The van der Waals surface area contributed by atoms with Gasteiger partial charge in [0.05, 0.1) is 0 Å². The van der Waals surface area contributed by atoms with E-state index in [1.165, 1.54) is 6.20 Å². The molecule has 0 saturated heterocycles. The predicted molar refractivity (Wildman–Crippen MR) is 74.8 cm³/mol. The lowest BCUT2D eigenvalue weighted by Crippen LogP contribution is -1.92. The molecule has 0 spiro atoms. The molecule has 0 amide bonds. The van der Waals surface area contributed by atoms with Crippen LogP contribution in [0.15, 0.2) is 66.4 Å². The van der Waals surface area contributed by atoms with Crippen LogP contribution in [0.3, 0.4) is 0 Å². The zero-order valence-corrected chi connectivity index (χ0v) is 10.2. The van der Waals surface area contributed by atoms with Crippen molar-refractivity contribution in [1.29, 1.82) is 10.5 Å². The first-order valence-electron chi connectivity index (χ1n) is 5.76. The van der Waals surface area contributed by atoms with Gasteiger partial charge in [-0.15, -0.1) is 0 Å². The van der Waals surface area contributed by atoms with E-state index in [4.69, 9.17) is 10.5 Å². The maximum atomic E-state index is 8.71. The number of nitriles is 2. The molecule has 2 aromatic rings. The van der Waals surface area contributed by atoms with E-state index in [0.717, 1.165) is 16.8 Å². The average Bonchev–Trinajstić information content (AvgIpc) is 2.49. The number of benzene rings is 2. The third kappa shape index (κ3) is 3.00. The van der Waals surface area contributed by atoms with E-state index in [1.807, 2.05) is 66.7 Å². The van der Waals surface area contributed by atoms with E-state index >= 15 is 0 Å². The van der Waals surface area contributed by atoms with Crippen molar-refractivity contribution in [2.45, 2.75) is 0 Å². The molecule has 0 aliphatic rings. The minimum atomic E-state index is 0.0443. The van der Waals surface area contributed by atoms with E-state index in [2.05, 4.69) is 5.32 Å². The normalized spacial score (nSPS) is 8.95. The molecule has 3 heteroatoms. The topological polar surface area (TPSA) is 59.6 Å². The summed E-state index contributed by atoms with van der Waals surface area (Å²) >= 11 is 0. The van der Waals surface area contributed by atoms with Crippen LogP contribution in [-0.4, -0.2) is 0 Å². The molecule has 2 aromatic carbocycles. The van der Waals surface area contributed by atoms with Crippen LogP contribution < -0.4 is 5.32 Å². The smallest absolute Gasteiger partial charge is 0.145 e. The maximum Gasteiger partial charge on any atom is 0.145 e. The molecule has 0 bridgehead atoms. The minimum absolute atomic E-state index is 0.0443. The summed E-state index contributed by atoms with van der Waals surface area (Å²) in [4.78, 5) is 0. The number of para-hydroxylation sites is 1. The predicted octanol–water partition coefficient (Wildman–Crippen LogP) is 3.70. The Morgan fingerprint density at radius 3 is 2.21 bits per heavy atom. The second kappa shape index (κ2) is 6.05. The lowest BCUT2D eigenvalue weighted by Gasteiger charge is -2.09. The fourth-order valence-corrected chi connectivity index (χ4v) is 1.72. The highest BCUT2D eigenvalue weighted by Gasteiger charge is 2.02. The van der Waals surface area contributed by atoms with Crippen LogP contribution in [0.2, 0.25) is 0 Å². The summed E-state index contributed by atoms with van der Waals surface area (Å²) in [5.74, 6) is 0. The van der Waals surface area contributed by atoms with Gasteiger partial charge in [-0.05, 0) is 11.6 Å². The van der Waals surface area contributed by atoms with Crippen molar-refractivity contribution in [2.75, 3.05) is 5.32 Å². The van der Waals surface area contributed by atoms with E-state index in [9.17, 15) is 0 Å².